The Hall–Kier alpha value is -3.95. The molecule has 2 amide bonds. The SMILES string of the molecule is O=C(Cn1nnc2ccccc2c1=O)N1CCN(C(=O)[C@H]2COc3ccccc3O2)CC1. The number of hydrogen-bond donors (Lipinski definition) is 0. The van der Waals surface area contributed by atoms with Gasteiger partial charge in [0.15, 0.2) is 11.5 Å². The topological polar surface area (TPSA) is 107 Å². The van der Waals surface area contributed by atoms with Crippen LogP contribution in [0.1, 0.15) is 0 Å². The zero-order valence-corrected chi connectivity index (χ0v) is 17.2. The Morgan fingerprint density at radius 1 is 0.938 bits per heavy atom. The summed E-state index contributed by atoms with van der Waals surface area (Å²) < 4.78 is 12.5. The number of nitrogens with zero attached hydrogens (tertiary/aromatic N) is 5. The number of aromatic nitrogens is 3. The predicted octanol–water partition coefficient (Wildman–Crippen LogP) is 0.302. The molecule has 0 unspecified atom stereocenters. The molecule has 5 rings (SSSR count). The molecule has 164 valence electrons. The first-order valence-corrected chi connectivity index (χ1v) is 10.4. The van der Waals surface area contributed by atoms with Crippen LogP contribution >= 0.6 is 0 Å². The van der Waals surface area contributed by atoms with Gasteiger partial charge in [0.05, 0.1) is 5.39 Å². The fourth-order valence-electron chi connectivity index (χ4n) is 3.88. The largest absolute Gasteiger partial charge is 0.485 e. The van der Waals surface area contributed by atoms with Crippen LogP contribution in [0.2, 0.25) is 0 Å². The van der Waals surface area contributed by atoms with Gasteiger partial charge in [-0.15, -0.1) is 5.10 Å². The highest BCUT2D eigenvalue weighted by atomic mass is 16.6. The minimum absolute atomic E-state index is 0.151. The van der Waals surface area contributed by atoms with Crippen LogP contribution in [-0.2, 0) is 16.1 Å². The Kier molecular flexibility index (Phi) is 5.18. The average Bonchev–Trinajstić information content (AvgIpc) is 2.85. The van der Waals surface area contributed by atoms with Gasteiger partial charge >= 0.3 is 0 Å². The number of carbonyl (C=O) groups excluding carboxylic acids is 2. The van der Waals surface area contributed by atoms with Gasteiger partial charge in [-0.2, -0.15) is 0 Å². The summed E-state index contributed by atoms with van der Waals surface area (Å²) in [5.74, 6) is 0.769. The Balaban J connectivity index is 1.19. The van der Waals surface area contributed by atoms with Crippen LogP contribution in [-0.4, -0.2) is 75.5 Å². The van der Waals surface area contributed by atoms with Crippen molar-refractivity contribution in [3.63, 3.8) is 0 Å². The molecule has 1 fully saturated rings. The zero-order chi connectivity index (χ0) is 22.1. The first kappa shape index (κ1) is 20.0. The Bertz CT molecular complexity index is 1230. The van der Waals surface area contributed by atoms with Crippen molar-refractivity contribution in [1.82, 2.24) is 24.8 Å². The van der Waals surface area contributed by atoms with Gasteiger partial charge in [-0.3, -0.25) is 14.4 Å². The number of benzene rings is 2. The molecule has 10 nitrogen and oxygen atoms in total. The second-order valence-corrected chi connectivity index (χ2v) is 7.64. The number of rotatable bonds is 3. The zero-order valence-electron chi connectivity index (χ0n) is 17.2. The highest BCUT2D eigenvalue weighted by molar-refractivity contribution is 5.83. The van der Waals surface area contributed by atoms with Gasteiger partial charge in [0.1, 0.15) is 18.7 Å². The summed E-state index contributed by atoms with van der Waals surface area (Å²) in [7, 11) is 0. The van der Waals surface area contributed by atoms with Gasteiger partial charge < -0.3 is 19.3 Å². The van der Waals surface area contributed by atoms with E-state index in [1.807, 2.05) is 12.1 Å². The summed E-state index contributed by atoms with van der Waals surface area (Å²) in [5, 5.41) is 8.30. The number of piperazine rings is 1. The molecular weight excluding hydrogens is 414 g/mol. The van der Waals surface area contributed by atoms with Crippen molar-refractivity contribution in [3.8, 4) is 11.5 Å². The highest BCUT2D eigenvalue weighted by Crippen LogP contribution is 2.31. The molecule has 2 aliphatic rings. The minimum atomic E-state index is -0.710. The van der Waals surface area contributed by atoms with Crippen molar-refractivity contribution in [2.75, 3.05) is 32.8 Å². The van der Waals surface area contributed by atoms with Crippen LogP contribution in [0.25, 0.3) is 10.9 Å². The van der Waals surface area contributed by atoms with Gasteiger partial charge in [0, 0.05) is 26.2 Å². The first-order valence-electron chi connectivity index (χ1n) is 10.4. The molecule has 0 radical (unpaired) electrons. The standard InChI is InChI=1S/C22H21N5O5/c28-20(13-27-21(29)15-5-1-2-6-16(15)23-24-27)25-9-11-26(12-10-25)22(30)19-14-31-17-7-3-4-8-18(17)32-19/h1-8,19H,9-14H2/t19-/m1/s1. The van der Waals surface area contributed by atoms with Crippen molar-refractivity contribution in [1.29, 1.82) is 0 Å². The lowest BCUT2D eigenvalue weighted by Crippen LogP contribution is -2.55. The summed E-state index contributed by atoms with van der Waals surface area (Å²) in [6.45, 7) is 1.45. The molecular formula is C22H21N5O5. The van der Waals surface area contributed by atoms with Crippen molar-refractivity contribution >= 4 is 22.7 Å². The van der Waals surface area contributed by atoms with Crippen LogP contribution in [0.15, 0.2) is 53.3 Å². The smallest absolute Gasteiger partial charge is 0.278 e. The summed E-state index contributed by atoms with van der Waals surface area (Å²) in [6.07, 6.45) is -0.710. The molecule has 0 saturated carbocycles. The molecule has 3 aromatic rings. The van der Waals surface area contributed by atoms with E-state index >= 15 is 0 Å². The van der Waals surface area contributed by atoms with Crippen LogP contribution in [0.3, 0.4) is 0 Å². The molecule has 0 bridgehead atoms. The van der Waals surface area contributed by atoms with Gasteiger partial charge in [0.2, 0.25) is 12.0 Å². The lowest BCUT2D eigenvalue weighted by Gasteiger charge is -2.37. The van der Waals surface area contributed by atoms with Crippen molar-refractivity contribution in [2.45, 2.75) is 12.6 Å². The monoisotopic (exact) mass is 435 g/mol. The molecule has 10 heteroatoms. The molecule has 2 aromatic carbocycles. The number of fused-ring (bicyclic) bond motifs is 2. The fourth-order valence-corrected chi connectivity index (χ4v) is 3.88. The molecule has 2 aliphatic heterocycles. The summed E-state index contributed by atoms with van der Waals surface area (Å²) in [6, 6.07) is 14.1. The Morgan fingerprint density at radius 2 is 1.62 bits per heavy atom. The maximum Gasteiger partial charge on any atom is 0.278 e. The van der Waals surface area contributed by atoms with Crippen LogP contribution in [0.5, 0.6) is 11.5 Å². The molecule has 32 heavy (non-hydrogen) atoms. The maximum atomic E-state index is 12.9. The van der Waals surface area contributed by atoms with E-state index in [-0.39, 0.29) is 30.5 Å². The predicted molar refractivity (Wildman–Crippen MR) is 113 cm³/mol. The van der Waals surface area contributed by atoms with Gasteiger partial charge in [0.25, 0.3) is 11.5 Å². The van der Waals surface area contributed by atoms with Crippen LogP contribution in [0, 0.1) is 0 Å². The third kappa shape index (κ3) is 3.75. The lowest BCUT2D eigenvalue weighted by atomic mass is 10.2. The van der Waals surface area contributed by atoms with E-state index in [9.17, 15) is 14.4 Å². The maximum absolute atomic E-state index is 12.9. The molecule has 1 atom stereocenters. The minimum Gasteiger partial charge on any atom is -0.485 e. The van der Waals surface area contributed by atoms with Crippen LogP contribution in [0.4, 0.5) is 0 Å². The average molecular weight is 435 g/mol. The van der Waals surface area contributed by atoms with Gasteiger partial charge in [-0.1, -0.05) is 29.5 Å². The molecule has 1 aromatic heterocycles. The molecule has 0 N–H and O–H groups in total. The number of amides is 2. The summed E-state index contributed by atoms with van der Waals surface area (Å²) in [4.78, 5) is 41.4. The van der Waals surface area contributed by atoms with E-state index in [1.54, 1.807) is 46.2 Å². The number of hydrogen-bond acceptors (Lipinski definition) is 7. The van der Waals surface area contributed by atoms with Crippen molar-refractivity contribution < 1.29 is 19.1 Å². The van der Waals surface area contributed by atoms with Crippen molar-refractivity contribution in [3.05, 3.63) is 58.9 Å². The molecule has 3 heterocycles. The van der Waals surface area contributed by atoms with E-state index in [0.717, 1.165) is 4.68 Å². The van der Waals surface area contributed by atoms with E-state index in [4.69, 9.17) is 9.47 Å². The third-order valence-corrected chi connectivity index (χ3v) is 5.64. The van der Waals surface area contributed by atoms with E-state index < -0.39 is 6.10 Å². The second kappa shape index (κ2) is 8.29. The molecule has 1 saturated heterocycles. The first-order chi connectivity index (χ1) is 15.6. The quantitative estimate of drug-likeness (QED) is 0.583. The summed E-state index contributed by atoms with van der Waals surface area (Å²) >= 11 is 0. The molecule has 0 spiro atoms. The molecule has 0 aliphatic carbocycles. The van der Waals surface area contributed by atoms with Gasteiger partial charge in [-0.05, 0) is 24.3 Å². The van der Waals surface area contributed by atoms with E-state index in [0.29, 0.717) is 48.6 Å². The summed E-state index contributed by atoms with van der Waals surface area (Å²) in [5.41, 5.74) is 0.136. The normalized spacial score (nSPS) is 17.9. The second-order valence-electron chi connectivity index (χ2n) is 7.64. The Labute approximate surface area is 182 Å². The third-order valence-electron chi connectivity index (χ3n) is 5.64. The number of ether oxygens (including phenoxy) is 2. The highest BCUT2D eigenvalue weighted by Gasteiger charge is 2.33. The number of carbonyl (C=O) groups is 2. The van der Waals surface area contributed by atoms with Crippen LogP contribution < -0.4 is 15.0 Å². The lowest BCUT2D eigenvalue weighted by molar-refractivity contribution is -0.146. The van der Waals surface area contributed by atoms with Gasteiger partial charge in [-0.25, -0.2) is 4.68 Å². The van der Waals surface area contributed by atoms with E-state index in [1.165, 1.54) is 0 Å². The van der Waals surface area contributed by atoms with Crippen molar-refractivity contribution in [2.24, 2.45) is 0 Å². The Morgan fingerprint density at radius 3 is 2.44 bits per heavy atom. The number of para-hydroxylation sites is 2. The fraction of sp³-hybridized carbons (Fsp3) is 0.318. The van der Waals surface area contributed by atoms with E-state index in [2.05, 4.69) is 10.3 Å².